The van der Waals surface area contributed by atoms with E-state index in [1.54, 1.807) is 24.2 Å². The van der Waals surface area contributed by atoms with Gasteiger partial charge in [-0.15, -0.1) is 0 Å². The van der Waals surface area contributed by atoms with E-state index >= 15 is 0 Å². The normalized spacial score (nSPS) is 10.5. The summed E-state index contributed by atoms with van der Waals surface area (Å²) in [5, 5.41) is 3.49. The van der Waals surface area contributed by atoms with Crippen LogP contribution in [0.25, 0.3) is 0 Å². The predicted molar refractivity (Wildman–Crippen MR) is 70.6 cm³/mol. The third-order valence-electron chi connectivity index (χ3n) is 2.53. The van der Waals surface area contributed by atoms with Gasteiger partial charge >= 0.3 is 0 Å². The van der Waals surface area contributed by atoms with Crippen LogP contribution in [-0.2, 0) is 0 Å². The predicted octanol–water partition coefficient (Wildman–Crippen LogP) is 2.65. The zero-order valence-electron chi connectivity index (χ0n) is 10.6. The van der Waals surface area contributed by atoms with Gasteiger partial charge in [-0.1, -0.05) is 11.6 Å². The molecule has 0 aromatic carbocycles. The van der Waals surface area contributed by atoms with E-state index in [2.05, 4.69) is 10.3 Å². The van der Waals surface area contributed by atoms with Crippen molar-refractivity contribution in [2.45, 2.75) is 26.8 Å². The van der Waals surface area contributed by atoms with Crippen molar-refractivity contribution in [2.75, 3.05) is 18.9 Å². The molecule has 0 fully saturated rings. The van der Waals surface area contributed by atoms with E-state index in [-0.39, 0.29) is 11.9 Å². The molecule has 0 unspecified atom stereocenters. The minimum atomic E-state index is -0.0718. The van der Waals surface area contributed by atoms with E-state index in [1.807, 2.05) is 20.8 Å². The smallest absolute Gasteiger partial charge is 0.255 e. The monoisotopic (exact) mass is 255 g/mol. The highest BCUT2D eigenvalue weighted by atomic mass is 35.5. The van der Waals surface area contributed by atoms with Gasteiger partial charge in [-0.3, -0.25) is 4.79 Å². The number of anilines is 1. The van der Waals surface area contributed by atoms with E-state index in [1.165, 1.54) is 0 Å². The van der Waals surface area contributed by atoms with Crippen LogP contribution in [0.4, 0.5) is 5.82 Å². The maximum Gasteiger partial charge on any atom is 0.255 e. The lowest BCUT2D eigenvalue weighted by atomic mass is 10.2. The second-order valence-corrected chi connectivity index (χ2v) is 4.50. The molecule has 1 amide bonds. The van der Waals surface area contributed by atoms with Gasteiger partial charge in [-0.2, -0.15) is 0 Å². The van der Waals surface area contributed by atoms with Gasteiger partial charge in [-0.05, 0) is 26.8 Å². The molecule has 4 nitrogen and oxygen atoms in total. The molecule has 1 rings (SSSR count). The standard InChI is InChI=1S/C12H18ClN3O/c1-5-14-11-10(13)6-9(7-15-11)12(17)16(4)8(2)3/h6-8H,5H2,1-4H3,(H,14,15). The van der Waals surface area contributed by atoms with Gasteiger partial charge in [0.05, 0.1) is 10.6 Å². The van der Waals surface area contributed by atoms with Gasteiger partial charge in [0, 0.05) is 25.8 Å². The Bertz CT molecular complexity index is 407. The number of nitrogens with one attached hydrogen (secondary N) is 1. The Balaban J connectivity index is 2.93. The molecule has 1 heterocycles. The summed E-state index contributed by atoms with van der Waals surface area (Å²) in [5.74, 6) is 0.537. The zero-order valence-corrected chi connectivity index (χ0v) is 11.4. The highest BCUT2D eigenvalue weighted by Crippen LogP contribution is 2.20. The molecule has 0 aliphatic heterocycles. The van der Waals surface area contributed by atoms with E-state index < -0.39 is 0 Å². The fourth-order valence-electron chi connectivity index (χ4n) is 1.29. The highest BCUT2D eigenvalue weighted by Gasteiger charge is 2.16. The lowest BCUT2D eigenvalue weighted by Crippen LogP contribution is -2.33. The first-order valence-corrected chi connectivity index (χ1v) is 6.01. The number of pyridine rings is 1. The summed E-state index contributed by atoms with van der Waals surface area (Å²) in [6, 6.07) is 1.79. The molecule has 0 saturated carbocycles. The second kappa shape index (κ2) is 5.87. The quantitative estimate of drug-likeness (QED) is 0.900. The lowest BCUT2D eigenvalue weighted by molar-refractivity contribution is 0.0754. The van der Waals surface area contributed by atoms with Crippen molar-refractivity contribution in [3.63, 3.8) is 0 Å². The molecule has 0 bridgehead atoms. The number of carbonyl (C=O) groups excluding carboxylic acids is 1. The first-order valence-electron chi connectivity index (χ1n) is 5.64. The molecule has 0 radical (unpaired) electrons. The molecule has 1 aromatic heterocycles. The highest BCUT2D eigenvalue weighted by molar-refractivity contribution is 6.33. The third kappa shape index (κ3) is 3.33. The Morgan fingerprint density at radius 3 is 2.71 bits per heavy atom. The summed E-state index contributed by atoms with van der Waals surface area (Å²) in [6.45, 7) is 6.62. The lowest BCUT2D eigenvalue weighted by Gasteiger charge is -2.21. The van der Waals surface area contributed by atoms with Gasteiger partial charge < -0.3 is 10.2 Å². The number of hydrogen-bond donors (Lipinski definition) is 1. The van der Waals surface area contributed by atoms with Crippen molar-refractivity contribution in [1.82, 2.24) is 9.88 Å². The van der Waals surface area contributed by atoms with Crippen molar-refractivity contribution < 1.29 is 4.79 Å². The number of carbonyl (C=O) groups is 1. The Morgan fingerprint density at radius 2 is 2.24 bits per heavy atom. The van der Waals surface area contributed by atoms with Crippen LogP contribution in [0.15, 0.2) is 12.3 Å². The van der Waals surface area contributed by atoms with Gasteiger partial charge in [-0.25, -0.2) is 4.98 Å². The van der Waals surface area contributed by atoms with E-state index in [9.17, 15) is 4.79 Å². The molecule has 94 valence electrons. The number of nitrogens with zero attached hydrogens (tertiary/aromatic N) is 2. The van der Waals surface area contributed by atoms with E-state index in [4.69, 9.17) is 11.6 Å². The SMILES string of the molecule is CCNc1ncc(C(=O)N(C)C(C)C)cc1Cl. The van der Waals surface area contributed by atoms with Crippen LogP contribution in [0.2, 0.25) is 5.02 Å². The van der Waals surface area contributed by atoms with Crippen molar-refractivity contribution in [3.05, 3.63) is 22.8 Å². The van der Waals surface area contributed by atoms with E-state index in [0.717, 1.165) is 6.54 Å². The first-order chi connectivity index (χ1) is 7.97. The summed E-state index contributed by atoms with van der Waals surface area (Å²) in [7, 11) is 1.76. The van der Waals surface area contributed by atoms with Crippen LogP contribution in [0.3, 0.4) is 0 Å². The summed E-state index contributed by atoms with van der Waals surface area (Å²) < 4.78 is 0. The van der Waals surface area contributed by atoms with Gasteiger partial charge in [0.2, 0.25) is 0 Å². The fourth-order valence-corrected chi connectivity index (χ4v) is 1.52. The molecule has 17 heavy (non-hydrogen) atoms. The molecular formula is C12H18ClN3O. The van der Waals surface area contributed by atoms with Crippen LogP contribution in [0.1, 0.15) is 31.1 Å². The maximum absolute atomic E-state index is 12.0. The summed E-state index contributed by atoms with van der Waals surface area (Å²) in [4.78, 5) is 17.8. The third-order valence-corrected chi connectivity index (χ3v) is 2.82. The topological polar surface area (TPSA) is 45.2 Å². The molecule has 0 saturated heterocycles. The fraction of sp³-hybridized carbons (Fsp3) is 0.500. The summed E-state index contributed by atoms with van der Waals surface area (Å²) in [6.07, 6.45) is 1.55. The Labute approximate surface area is 107 Å². The van der Waals surface area contributed by atoms with Crippen LogP contribution >= 0.6 is 11.6 Å². The number of amides is 1. The van der Waals surface area contributed by atoms with Crippen LogP contribution in [0, 0.1) is 0 Å². The number of halogens is 1. The molecule has 1 N–H and O–H groups in total. The molecule has 0 atom stereocenters. The van der Waals surface area contributed by atoms with Gasteiger partial charge in [0.25, 0.3) is 5.91 Å². The van der Waals surface area contributed by atoms with Crippen molar-refractivity contribution >= 4 is 23.3 Å². The van der Waals surface area contributed by atoms with Crippen LogP contribution < -0.4 is 5.32 Å². The number of rotatable bonds is 4. The van der Waals surface area contributed by atoms with Crippen molar-refractivity contribution in [1.29, 1.82) is 0 Å². The van der Waals surface area contributed by atoms with Gasteiger partial charge in [0.15, 0.2) is 0 Å². The summed E-state index contributed by atoms with van der Waals surface area (Å²) >= 11 is 6.04. The Hall–Kier alpha value is -1.29. The number of hydrogen-bond acceptors (Lipinski definition) is 3. The minimum Gasteiger partial charge on any atom is -0.369 e. The molecule has 0 aliphatic carbocycles. The van der Waals surface area contributed by atoms with Crippen molar-refractivity contribution in [2.24, 2.45) is 0 Å². The Morgan fingerprint density at radius 1 is 1.59 bits per heavy atom. The van der Waals surface area contributed by atoms with Crippen molar-refractivity contribution in [3.8, 4) is 0 Å². The van der Waals surface area contributed by atoms with E-state index in [0.29, 0.717) is 16.4 Å². The number of aromatic nitrogens is 1. The Kier molecular flexibility index (Phi) is 4.75. The summed E-state index contributed by atoms with van der Waals surface area (Å²) in [5.41, 5.74) is 0.507. The molecule has 1 aromatic rings. The van der Waals surface area contributed by atoms with Gasteiger partial charge in [0.1, 0.15) is 5.82 Å². The van der Waals surface area contributed by atoms with Crippen LogP contribution in [-0.4, -0.2) is 35.4 Å². The largest absolute Gasteiger partial charge is 0.369 e. The zero-order chi connectivity index (χ0) is 13.0. The van der Waals surface area contributed by atoms with Crippen LogP contribution in [0.5, 0.6) is 0 Å². The average Bonchev–Trinajstić information content (AvgIpc) is 2.30. The maximum atomic E-state index is 12.0. The first kappa shape index (κ1) is 13.8. The molecular weight excluding hydrogens is 238 g/mol. The second-order valence-electron chi connectivity index (χ2n) is 4.09. The molecule has 0 spiro atoms. The average molecular weight is 256 g/mol. The molecule has 5 heteroatoms. The molecule has 0 aliphatic rings. The minimum absolute atomic E-state index is 0.0718.